The third kappa shape index (κ3) is 4.31. The lowest BCUT2D eigenvalue weighted by molar-refractivity contribution is -0.122. The number of carbonyl (C=O) groups is 1. The fourth-order valence-electron chi connectivity index (χ4n) is 3.21. The van der Waals surface area contributed by atoms with E-state index in [4.69, 9.17) is 0 Å². The first-order valence-electron chi connectivity index (χ1n) is 8.13. The third-order valence-corrected chi connectivity index (χ3v) is 4.52. The third-order valence-electron chi connectivity index (χ3n) is 4.52. The van der Waals surface area contributed by atoms with E-state index in [0.717, 1.165) is 44.5 Å². The summed E-state index contributed by atoms with van der Waals surface area (Å²) in [6, 6.07) is 8.15. The average Bonchev–Trinajstić information content (AvgIpc) is 2.79. The van der Waals surface area contributed by atoms with Crippen molar-refractivity contribution in [3.8, 4) is 0 Å². The van der Waals surface area contributed by atoms with Crippen molar-refractivity contribution >= 4 is 11.6 Å². The number of benzene rings is 1. The zero-order valence-electron chi connectivity index (χ0n) is 13.5. The van der Waals surface area contributed by atoms with Crippen LogP contribution in [0.5, 0.6) is 0 Å². The van der Waals surface area contributed by atoms with Crippen LogP contribution in [0, 0.1) is 11.3 Å². The van der Waals surface area contributed by atoms with Crippen LogP contribution >= 0.6 is 0 Å². The predicted octanol–water partition coefficient (Wildman–Crippen LogP) is 3.95. The van der Waals surface area contributed by atoms with Crippen molar-refractivity contribution in [1.29, 1.82) is 0 Å². The molecule has 1 aromatic carbocycles. The Hall–Kier alpha value is -1.35. The van der Waals surface area contributed by atoms with E-state index in [1.807, 2.05) is 12.1 Å². The van der Waals surface area contributed by atoms with E-state index in [-0.39, 0.29) is 17.2 Å². The van der Waals surface area contributed by atoms with E-state index in [0.29, 0.717) is 0 Å². The van der Waals surface area contributed by atoms with Gasteiger partial charge >= 0.3 is 0 Å². The second-order valence-electron chi connectivity index (χ2n) is 6.80. The minimum absolute atomic E-state index is 0.129. The lowest BCUT2D eigenvalue weighted by Gasteiger charge is -2.25. The largest absolute Gasteiger partial charge is 0.326 e. The van der Waals surface area contributed by atoms with Crippen LogP contribution in [0.25, 0.3) is 0 Å². The number of hydrogen-bond donors (Lipinski definition) is 2. The van der Waals surface area contributed by atoms with Crippen molar-refractivity contribution in [2.24, 2.45) is 11.3 Å². The fraction of sp³-hybridized carbons (Fsp3) is 0.611. The molecule has 1 atom stereocenters. The van der Waals surface area contributed by atoms with Crippen molar-refractivity contribution in [1.82, 2.24) is 5.32 Å². The number of carbonyl (C=O) groups excluding carboxylic acids is 1. The Balaban J connectivity index is 1.96. The second-order valence-corrected chi connectivity index (χ2v) is 6.80. The molecule has 0 heterocycles. The Morgan fingerprint density at radius 3 is 2.86 bits per heavy atom. The summed E-state index contributed by atoms with van der Waals surface area (Å²) < 4.78 is 0. The van der Waals surface area contributed by atoms with E-state index >= 15 is 0 Å². The minimum atomic E-state index is 0.129. The van der Waals surface area contributed by atoms with Crippen LogP contribution in [0.2, 0.25) is 0 Å². The first-order valence-corrected chi connectivity index (χ1v) is 8.13. The molecule has 1 fully saturated rings. The molecule has 3 nitrogen and oxygen atoms in total. The monoisotopic (exact) mass is 288 g/mol. The number of rotatable bonds is 6. The predicted molar refractivity (Wildman–Crippen MR) is 88.2 cm³/mol. The highest BCUT2D eigenvalue weighted by Crippen LogP contribution is 2.43. The molecule has 1 aliphatic rings. The fourth-order valence-corrected chi connectivity index (χ4v) is 3.21. The smallest absolute Gasteiger partial charge is 0.228 e. The molecule has 2 N–H and O–H groups in total. The first-order chi connectivity index (χ1) is 10.0. The van der Waals surface area contributed by atoms with Gasteiger partial charge in [0.2, 0.25) is 5.91 Å². The molecule has 21 heavy (non-hydrogen) atoms. The van der Waals surface area contributed by atoms with Gasteiger partial charge in [0.1, 0.15) is 0 Å². The highest BCUT2D eigenvalue weighted by atomic mass is 16.1. The summed E-state index contributed by atoms with van der Waals surface area (Å²) in [7, 11) is 0. The molecule has 0 saturated heterocycles. The first kappa shape index (κ1) is 16.0. The zero-order chi connectivity index (χ0) is 15.3. The Kier molecular flexibility index (Phi) is 5.40. The lowest BCUT2D eigenvalue weighted by atomic mass is 9.81. The molecule has 0 bridgehead atoms. The molecule has 1 amide bonds. The molecule has 0 spiro atoms. The van der Waals surface area contributed by atoms with Crippen LogP contribution in [-0.4, -0.2) is 12.5 Å². The quantitative estimate of drug-likeness (QED) is 0.778. The van der Waals surface area contributed by atoms with Crippen LogP contribution in [0.15, 0.2) is 24.3 Å². The van der Waals surface area contributed by atoms with Gasteiger partial charge in [0.05, 0.1) is 0 Å². The van der Waals surface area contributed by atoms with Crippen molar-refractivity contribution in [3.05, 3.63) is 29.8 Å². The minimum Gasteiger partial charge on any atom is -0.326 e. The molecule has 2 rings (SSSR count). The van der Waals surface area contributed by atoms with Crippen LogP contribution < -0.4 is 10.6 Å². The number of hydrogen-bond acceptors (Lipinski definition) is 2. The second kappa shape index (κ2) is 7.08. The maximum Gasteiger partial charge on any atom is 0.228 e. The van der Waals surface area contributed by atoms with Crippen LogP contribution in [0.3, 0.4) is 0 Å². The van der Waals surface area contributed by atoms with Gasteiger partial charge in [-0.3, -0.25) is 4.79 Å². The van der Waals surface area contributed by atoms with Gasteiger partial charge in [0, 0.05) is 18.2 Å². The molecule has 3 heteroatoms. The maximum atomic E-state index is 12.5. The molecule has 1 saturated carbocycles. The standard InChI is InChI=1S/C18H28N2O/c1-4-11-19-13-14-7-5-8-15(12-14)20-17(21)16-9-6-10-18(16,2)3/h5,7-8,12,16,19H,4,6,9-11,13H2,1-3H3,(H,20,21). The molecular formula is C18H28N2O. The van der Waals surface area contributed by atoms with E-state index in [2.05, 4.69) is 43.5 Å². The summed E-state index contributed by atoms with van der Waals surface area (Å²) in [4.78, 5) is 12.5. The summed E-state index contributed by atoms with van der Waals surface area (Å²) in [5.41, 5.74) is 2.26. The molecule has 0 aliphatic heterocycles. The van der Waals surface area contributed by atoms with Gasteiger partial charge in [-0.25, -0.2) is 0 Å². The van der Waals surface area contributed by atoms with Gasteiger partial charge in [0.15, 0.2) is 0 Å². The van der Waals surface area contributed by atoms with Crippen LogP contribution in [0.1, 0.15) is 52.0 Å². The van der Waals surface area contributed by atoms with Crippen molar-refractivity contribution in [2.75, 3.05) is 11.9 Å². The summed E-state index contributed by atoms with van der Waals surface area (Å²) in [5.74, 6) is 0.315. The van der Waals surface area contributed by atoms with Crippen molar-refractivity contribution < 1.29 is 4.79 Å². The average molecular weight is 288 g/mol. The van der Waals surface area contributed by atoms with E-state index in [1.165, 1.54) is 5.56 Å². The van der Waals surface area contributed by atoms with Crippen LogP contribution in [-0.2, 0) is 11.3 Å². The number of nitrogens with one attached hydrogen (secondary N) is 2. The highest BCUT2D eigenvalue weighted by Gasteiger charge is 2.39. The topological polar surface area (TPSA) is 41.1 Å². The van der Waals surface area contributed by atoms with Gasteiger partial charge in [-0.2, -0.15) is 0 Å². The van der Waals surface area contributed by atoms with E-state index < -0.39 is 0 Å². The van der Waals surface area contributed by atoms with Gasteiger partial charge in [-0.1, -0.05) is 39.3 Å². The summed E-state index contributed by atoms with van der Waals surface area (Å²) in [6.07, 6.45) is 4.45. The molecule has 0 radical (unpaired) electrons. The lowest BCUT2D eigenvalue weighted by Crippen LogP contribution is -2.30. The van der Waals surface area contributed by atoms with Gasteiger partial charge in [-0.05, 0) is 48.9 Å². The molecule has 0 aromatic heterocycles. The molecule has 116 valence electrons. The number of amides is 1. The Bertz CT molecular complexity index is 482. The van der Waals surface area contributed by atoms with Gasteiger partial charge < -0.3 is 10.6 Å². The van der Waals surface area contributed by atoms with Gasteiger partial charge in [-0.15, -0.1) is 0 Å². The summed E-state index contributed by atoms with van der Waals surface area (Å²) >= 11 is 0. The maximum absolute atomic E-state index is 12.5. The normalized spacial score (nSPS) is 20.4. The van der Waals surface area contributed by atoms with Crippen LogP contribution in [0.4, 0.5) is 5.69 Å². The zero-order valence-corrected chi connectivity index (χ0v) is 13.5. The number of anilines is 1. The molecule has 1 unspecified atom stereocenters. The molecule has 1 aromatic rings. The highest BCUT2D eigenvalue weighted by molar-refractivity contribution is 5.93. The summed E-state index contributed by atoms with van der Waals surface area (Å²) in [6.45, 7) is 8.44. The van der Waals surface area contributed by atoms with E-state index in [1.54, 1.807) is 0 Å². The Labute approximate surface area is 128 Å². The SMILES string of the molecule is CCCNCc1cccc(NC(=O)C2CCCC2(C)C)c1. The molecule has 1 aliphatic carbocycles. The Morgan fingerprint density at radius 2 is 2.19 bits per heavy atom. The van der Waals surface area contributed by atoms with Crippen molar-refractivity contribution in [2.45, 2.75) is 53.0 Å². The molecular weight excluding hydrogens is 260 g/mol. The summed E-state index contributed by atoms with van der Waals surface area (Å²) in [5, 5.41) is 6.49. The van der Waals surface area contributed by atoms with Crippen molar-refractivity contribution in [3.63, 3.8) is 0 Å². The van der Waals surface area contributed by atoms with Gasteiger partial charge in [0.25, 0.3) is 0 Å². The van der Waals surface area contributed by atoms with E-state index in [9.17, 15) is 4.79 Å². The Morgan fingerprint density at radius 1 is 1.38 bits per heavy atom.